The second-order valence-corrected chi connectivity index (χ2v) is 6.85. The maximum absolute atomic E-state index is 11.9. The van der Waals surface area contributed by atoms with Crippen LogP contribution in [0.15, 0.2) is 17.0 Å². The summed E-state index contributed by atoms with van der Waals surface area (Å²) in [6.07, 6.45) is 1.93. The van der Waals surface area contributed by atoms with Crippen molar-refractivity contribution in [3.63, 3.8) is 0 Å². The van der Waals surface area contributed by atoms with E-state index in [0.717, 1.165) is 6.26 Å². The van der Waals surface area contributed by atoms with E-state index in [0.29, 0.717) is 29.9 Å². The molecular weight excluding hydrogens is 272 g/mol. The van der Waals surface area contributed by atoms with Crippen LogP contribution in [0.1, 0.15) is 18.4 Å². The fourth-order valence-electron chi connectivity index (χ4n) is 2.33. The minimum Gasteiger partial charge on any atom is -0.481 e. The number of carboxylic acids is 1. The van der Waals surface area contributed by atoms with Crippen molar-refractivity contribution in [1.29, 1.82) is 0 Å². The topological polar surface area (TPSA) is 89.9 Å². The Morgan fingerprint density at radius 3 is 2.32 bits per heavy atom. The zero-order valence-corrected chi connectivity index (χ0v) is 11.0. The van der Waals surface area contributed by atoms with Crippen molar-refractivity contribution in [3.05, 3.63) is 17.7 Å². The fraction of sp³-hybridized carbons (Fsp3) is 0.417. The van der Waals surface area contributed by atoms with Crippen LogP contribution in [-0.2, 0) is 20.0 Å². The molecule has 6 nitrogen and oxygen atoms in total. The van der Waals surface area contributed by atoms with E-state index in [9.17, 15) is 18.3 Å². The van der Waals surface area contributed by atoms with Gasteiger partial charge >= 0.3 is 5.97 Å². The second-order valence-electron chi connectivity index (χ2n) is 4.86. The predicted octanol–water partition coefficient (Wildman–Crippen LogP) is 0.935. The van der Waals surface area contributed by atoms with E-state index in [1.807, 2.05) is 0 Å². The molecule has 102 valence electrons. The molecule has 0 atom stereocenters. The monoisotopic (exact) mass is 284 g/mol. The van der Waals surface area contributed by atoms with E-state index in [2.05, 4.69) is 0 Å². The van der Waals surface area contributed by atoms with E-state index >= 15 is 0 Å². The molecule has 0 bridgehead atoms. The highest BCUT2D eigenvalue weighted by atomic mass is 32.2. The van der Waals surface area contributed by atoms with Gasteiger partial charge in [0, 0.05) is 12.3 Å². The van der Waals surface area contributed by atoms with E-state index in [4.69, 9.17) is 9.47 Å². The number of aliphatic carboxylic acids is 1. The van der Waals surface area contributed by atoms with Crippen LogP contribution in [0.3, 0.4) is 0 Å². The van der Waals surface area contributed by atoms with Gasteiger partial charge in [0.05, 0.1) is 10.3 Å². The maximum Gasteiger partial charge on any atom is 0.314 e. The summed E-state index contributed by atoms with van der Waals surface area (Å²) in [5.74, 6) is -0.267. The first kappa shape index (κ1) is 12.3. The molecule has 0 radical (unpaired) electrons. The molecule has 0 unspecified atom stereocenters. The van der Waals surface area contributed by atoms with Gasteiger partial charge in [-0.1, -0.05) is 0 Å². The summed E-state index contributed by atoms with van der Waals surface area (Å²) >= 11 is 0. The molecule has 2 aliphatic rings. The van der Waals surface area contributed by atoms with Crippen LogP contribution in [0.4, 0.5) is 0 Å². The molecule has 7 heteroatoms. The Balaban J connectivity index is 2.26. The third kappa shape index (κ3) is 1.76. The Labute approximate surface area is 109 Å². The summed E-state index contributed by atoms with van der Waals surface area (Å²) in [5.41, 5.74) is -0.800. The van der Waals surface area contributed by atoms with Gasteiger partial charge in [-0.25, -0.2) is 8.42 Å². The lowest BCUT2D eigenvalue weighted by atomic mass is 9.95. The number of hydrogen-bond acceptors (Lipinski definition) is 5. The van der Waals surface area contributed by atoms with Gasteiger partial charge < -0.3 is 14.6 Å². The van der Waals surface area contributed by atoms with Crippen LogP contribution in [0.25, 0.3) is 0 Å². The summed E-state index contributed by atoms with van der Waals surface area (Å²) in [6, 6.07) is 2.84. The average Bonchev–Trinajstić information content (AvgIpc) is 3.00. The standard InChI is InChI=1S/C12H12O6S/c1-19(15,16)10-5-9-8(17-6-18-9)4-7(10)12(2-3-12)11(13)14/h4-5H,2-3,6H2,1H3,(H,13,14). The molecule has 1 aromatic rings. The molecule has 0 aromatic heterocycles. The summed E-state index contributed by atoms with van der Waals surface area (Å²) in [4.78, 5) is 11.4. The van der Waals surface area contributed by atoms with Crippen LogP contribution in [0.5, 0.6) is 11.5 Å². The number of ether oxygens (including phenoxy) is 2. The molecule has 1 aliphatic heterocycles. The minimum absolute atomic E-state index is 0.0108. The van der Waals surface area contributed by atoms with Crippen LogP contribution >= 0.6 is 0 Å². The zero-order chi connectivity index (χ0) is 13.8. The summed E-state index contributed by atoms with van der Waals surface area (Å²) < 4.78 is 34.1. The van der Waals surface area contributed by atoms with Crippen molar-refractivity contribution in [2.45, 2.75) is 23.2 Å². The van der Waals surface area contributed by atoms with Crippen molar-refractivity contribution in [1.82, 2.24) is 0 Å². The Hall–Kier alpha value is -1.76. The number of sulfone groups is 1. The number of hydrogen-bond donors (Lipinski definition) is 1. The fourth-order valence-corrected chi connectivity index (χ4v) is 3.30. The molecule has 1 fully saturated rings. The van der Waals surface area contributed by atoms with Crippen LogP contribution < -0.4 is 9.47 Å². The highest BCUT2D eigenvalue weighted by molar-refractivity contribution is 7.90. The Bertz CT molecular complexity index is 672. The van der Waals surface area contributed by atoms with Crippen molar-refractivity contribution >= 4 is 15.8 Å². The van der Waals surface area contributed by atoms with Crippen molar-refractivity contribution < 1.29 is 27.8 Å². The molecule has 1 N–H and O–H groups in total. The number of rotatable bonds is 3. The number of benzene rings is 1. The molecule has 1 saturated carbocycles. The lowest BCUT2D eigenvalue weighted by molar-refractivity contribution is -0.140. The maximum atomic E-state index is 11.9. The first-order chi connectivity index (χ1) is 8.84. The molecule has 1 heterocycles. The quantitative estimate of drug-likeness (QED) is 0.888. The first-order valence-corrected chi connectivity index (χ1v) is 7.61. The van der Waals surface area contributed by atoms with Crippen LogP contribution in [0.2, 0.25) is 0 Å². The van der Waals surface area contributed by atoms with Gasteiger partial charge in [-0.15, -0.1) is 0 Å². The molecule has 3 rings (SSSR count). The predicted molar refractivity (Wildman–Crippen MR) is 64.2 cm³/mol. The normalized spacial score (nSPS) is 19.2. The first-order valence-electron chi connectivity index (χ1n) is 5.72. The molecule has 0 saturated heterocycles. The third-order valence-electron chi connectivity index (χ3n) is 3.55. The number of carboxylic acid groups (broad SMARTS) is 1. The van der Waals surface area contributed by atoms with Gasteiger partial charge in [-0.2, -0.15) is 0 Å². The SMILES string of the molecule is CS(=O)(=O)c1cc2c(cc1C1(C(=O)O)CC1)OCO2. The van der Waals surface area contributed by atoms with E-state index in [1.165, 1.54) is 12.1 Å². The Morgan fingerprint density at radius 1 is 1.26 bits per heavy atom. The molecule has 1 aliphatic carbocycles. The highest BCUT2D eigenvalue weighted by Gasteiger charge is 2.54. The smallest absolute Gasteiger partial charge is 0.314 e. The Kier molecular flexibility index (Phi) is 2.35. The summed E-state index contributed by atoms with van der Waals surface area (Å²) in [7, 11) is -3.53. The van der Waals surface area contributed by atoms with Gasteiger partial charge in [-0.05, 0) is 24.5 Å². The highest BCUT2D eigenvalue weighted by Crippen LogP contribution is 2.53. The largest absolute Gasteiger partial charge is 0.481 e. The minimum atomic E-state index is -3.53. The zero-order valence-electron chi connectivity index (χ0n) is 10.2. The Morgan fingerprint density at radius 2 is 1.84 bits per heavy atom. The van der Waals surface area contributed by atoms with Crippen LogP contribution in [-0.4, -0.2) is 32.5 Å². The molecule has 1 aromatic carbocycles. The molecular formula is C12H12O6S. The average molecular weight is 284 g/mol. The molecule has 0 spiro atoms. The van der Waals surface area contributed by atoms with Crippen LogP contribution in [0, 0.1) is 0 Å². The third-order valence-corrected chi connectivity index (χ3v) is 4.69. The number of fused-ring (bicyclic) bond motifs is 1. The molecule has 19 heavy (non-hydrogen) atoms. The summed E-state index contributed by atoms with van der Waals surface area (Å²) in [6.45, 7) is 0.0159. The van der Waals surface area contributed by atoms with E-state index < -0.39 is 21.2 Å². The lowest BCUT2D eigenvalue weighted by Gasteiger charge is -2.15. The van der Waals surface area contributed by atoms with Crippen molar-refractivity contribution in [2.24, 2.45) is 0 Å². The van der Waals surface area contributed by atoms with Crippen molar-refractivity contribution in [3.8, 4) is 11.5 Å². The second kappa shape index (κ2) is 3.63. The van der Waals surface area contributed by atoms with Gasteiger partial charge in [0.2, 0.25) is 6.79 Å². The summed E-state index contributed by atoms with van der Waals surface area (Å²) in [5, 5.41) is 9.33. The number of carbonyl (C=O) groups is 1. The lowest BCUT2D eigenvalue weighted by Crippen LogP contribution is -2.22. The van der Waals surface area contributed by atoms with Gasteiger partial charge in [0.25, 0.3) is 0 Å². The molecule has 0 amide bonds. The van der Waals surface area contributed by atoms with Crippen molar-refractivity contribution in [2.75, 3.05) is 13.0 Å². The van der Waals surface area contributed by atoms with E-state index in [1.54, 1.807) is 0 Å². The van der Waals surface area contributed by atoms with Gasteiger partial charge in [0.1, 0.15) is 0 Å². The van der Waals surface area contributed by atoms with Gasteiger partial charge in [0.15, 0.2) is 21.3 Å². The van der Waals surface area contributed by atoms with Gasteiger partial charge in [-0.3, -0.25) is 4.79 Å². The van der Waals surface area contributed by atoms with E-state index in [-0.39, 0.29) is 11.7 Å².